The zero-order valence-electron chi connectivity index (χ0n) is 8.43. The Morgan fingerprint density at radius 1 is 1.42 bits per heavy atom. The number of rotatable bonds is 5. The fourth-order valence-electron chi connectivity index (χ4n) is 1.11. The number of nitrogens with zero attached hydrogens (tertiary/aromatic N) is 1. The van der Waals surface area contributed by atoms with Gasteiger partial charge in [-0.1, -0.05) is 18.6 Å². The van der Waals surface area contributed by atoms with Crippen molar-refractivity contribution >= 4 is 0 Å². The van der Waals surface area contributed by atoms with E-state index in [0.717, 1.165) is 12.8 Å². The number of nitriles is 1. The summed E-state index contributed by atoms with van der Waals surface area (Å²) >= 11 is 0. The summed E-state index contributed by atoms with van der Waals surface area (Å²) in [5.74, 6) is 0.695. The molecule has 1 nitrogen and oxygen atoms in total. The molecular formula is C11H19N. The van der Waals surface area contributed by atoms with Crippen molar-refractivity contribution in [3.8, 4) is 6.07 Å². The van der Waals surface area contributed by atoms with Crippen LogP contribution in [-0.4, -0.2) is 0 Å². The van der Waals surface area contributed by atoms with E-state index in [1.165, 1.54) is 12.0 Å². The third-order valence-corrected chi connectivity index (χ3v) is 1.96. The summed E-state index contributed by atoms with van der Waals surface area (Å²) in [6, 6.07) is 2.18. The van der Waals surface area contributed by atoms with E-state index < -0.39 is 0 Å². The molecule has 0 unspecified atom stereocenters. The predicted molar refractivity (Wildman–Crippen MR) is 52.7 cm³/mol. The molecule has 0 radical (unpaired) electrons. The largest absolute Gasteiger partial charge is 0.198 e. The molecule has 0 aromatic heterocycles. The Hall–Kier alpha value is -0.770. The molecule has 0 amide bonds. The first-order valence-corrected chi connectivity index (χ1v) is 4.67. The number of hydrogen-bond donors (Lipinski definition) is 0. The van der Waals surface area contributed by atoms with E-state index in [9.17, 15) is 0 Å². The summed E-state index contributed by atoms with van der Waals surface area (Å²) in [6.45, 7) is 6.47. The minimum absolute atomic E-state index is 0.695. The van der Waals surface area contributed by atoms with Crippen LogP contribution in [-0.2, 0) is 0 Å². The Morgan fingerprint density at radius 2 is 2.08 bits per heavy atom. The summed E-state index contributed by atoms with van der Waals surface area (Å²) < 4.78 is 0. The molecule has 0 bridgehead atoms. The maximum atomic E-state index is 8.37. The lowest BCUT2D eigenvalue weighted by atomic mass is 10.00. The zero-order chi connectivity index (χ0) is 9.40. The second-order valence-electron chi connectivity index (χ2n) is 3.66. The molecule has 0 N–H and O–H groups in total. The van der Waals surface area contributed by atoms with Gasteiger partial charge in [-0.15, -0.1) is 0 Å². The zero-order valence-corrected chi connectivity index (χ0v) is 8.43. The number of hydrogen-bond acceptors (Lipinski definition) is 1. The number of allylic oxidation sites excluding steroid dienone is 2. The predicted octanol–water partition coefficient (Wildman–Crippen LogP) is 3.67. The quantitative estimate of drug-likeness (QED) is 0.570. The summed E-state index contributed by atoms with van der Waals surface area (Å²) in [5.41, 5.74) is 1.39. The van der Waals surface area contributed by atoms with E-state index in [-0.39, 0.29) is 0 Å². The minimum atomic E-state index is 0.695. The van der Waals surface area contributed by atoms with Crippen molar-refractivity contribution in [2.45, 2.75) is 46.5 Å². The molecule has 0 rings (SSSR count). The Labute approximate surface area is 76.1 Å². The molecule has 0 spiro atoms. The second kappa shape index (κ2) is 6.91. The molecule has 0 aromatic rings. The molecule has 0 fully saturated rings. The Bertz CT molecular complexity index is 170. The maximum Gasteiger partial charge on any atom is 0.0621 e. The Balaban J connectivity index is 3.39. The van der Waals surface area contributed by atoms with Gasteiger partial charge in [-0.2, -0.15) is 5.26 Å². The third-order valence-electron chi connectivity index (χ3n) is 1.96. The van der Waals surface area contributed by atoms with Crippen molar-refractivity contribution in [3.63, 3.8) is 0 Å². The Morgan fingerprint density at radius 3 is 2.58 bits per heavy atom. The van der Waals surface area contributed by atoms with E-state index in [0.29, 0.717) is 12.3 Å². The summed E-state index contributed by atoms with van der Waals surface area (Å²) in [6.07, 6.45) is 6.40. The van der Waals surface area contributed by atoms with Crippen LogP contribution < -0.4 is 0 Å². The summed E-state index contributed by atoms with van der Waals surface area (Å²) in [5, 5.41) is 8.37. The van der Waals surface area contributed by atoms with Gasteiger partial charge in [-0.25, -0.2) is 0 Å². The van der Waals surface area contributed by atoms with Crippen LogP contribution in [0, 0.1) is 17.2 Å². The monoisotopic (exact) mass is 165 g/mol. The van der Waals surface area contributed by atoms with E-state index in [4.69, 9.17) is 5.26 Å². The van der Waals surface area contributed by atoms with Crippen LogP contribution in [0.1, 0.15) is 46.5 Å². The molecule has 0 heterocycles. The highest BCUT2D eigenvalue weighted by Gasteiger charge is 1.99. The van der Waals surface area contributed by atoms with Crippen molar-refractivity contribution in [3.05, 3.63) is 11.6 Å². The fourth-order valence-corrected chi connectivity index (χ4v) is 1.11. The van der Waals surface area contributed by atoms with Crippen LogP contribution in [0.4, 0.5) is 0 Å². The lowest BCUT2D eigenvalue weighted by Gasteiger charge is -2.06. The highest BCUT2D eigenvalue weighted by atomic mass is 14.2. The molecule has 1 atom stereocenters. The van der Waals surface area contributed by atoms with Crippen LogP contribution in [0.2, 0.25) is 0 Å². The van der Waals surface area contributed by atoms with Crippen molar-refractivity contribution in [2.75, 3.05) is 0 Å². The van der Waals surface area contributed by atoms with Crippen molar-refractivity contribution in [1.82, 2.24) is 0 Å². The SMILES string of the molecule is CC(C)=CCC[C@H](C)CCC#N. The average Bonchev–Trinajstić information content (AvgIpc) is 2.00. The van der Waals surface area contributed by atoms with Crippen LogP contribution in [0.25, 0.3) is 0 Å². The van der Waals surface area contributed by atoms with Crippen LogP contribution in [0.5, 0.6) is 0 Å². The molecular weight excluding hydrogens is 146 g/mol. The van der Waals surface area contributed by atoms with E-state index >= 15 is 0 Å². The molecule has 0 aliphatic carbocycles. The van der Waals surface area contributed by atoms with Gasteiger partial charge in [0.2, 0.25) is 0 Å². The molecule has 0 saturated heterocycles. The van der Waals surface area contributed by atoms with Gasteiger partial charge < -0.3 is 0 Å². The van der Waals surface area contributed by atoms with Gasteiger partial charge in [0, 0.05) is 6.42 Å². The summed E-state index contributed by atoms with van der Waals surface area (Å²) in [4.78, 5) is 0. The normalized spacial score (nSPS) is 11.8. The first-order chi connectivity index (χ1) is 5.66. The van der Waals surface area contributed by atoms with Crippen LogP contribution >= 0.6 is 0 Å². The first kappa shape index (κ1) is 11.2. The lowest BCUT2D eigenvalue weighted by molar-refractivity contribution is 0.503. The second-order valence-corrected chi connectivity index (χ2v) is 3.66. The molecule has 0 saturated carbocycles. The van der Waals surface area contributed by atoms with Gasteiger partial charge in [0.15, 0.2) is 0 Å². The topological polar surface area (TPSA) is 23.8 Å². The fraction of sp³-hybridized carbons (Fsp3) is 0.727. The van der Waals surface area contributed by atoms with Gasteiger partial charge in [0.1, 0.15) is 0 Å². The van der Waals surface area contributed by atoms with Crippen molar-refractivity contribution in [2.24, 2.45) is 5.92 Å². The van der Waals surface area contributed by atoms with E-state index in [2.05, 4.69) is 32.9 Å². The molecule has 68 valence electrons. The summed E-state index contributed by atoms with van der Waals surface area (Å²) in [7, 11) is 0. The van der Waals surface area contributed by atoms with Crippen LogP contribution in [0.15, 0.2) is 11.6 Å². The molecule has 1 heteroatoms. The Kier molecular flexibility index (Phi) is 6.47. The molecule has 0 aliphatic heterocycles. The highest BCUT2D eigenvalue weighted by Crippen LogP contribution is 2.12. The van der Waals surface area contributed by atoms with Crippen LogP contribution in [0.3, 0.4) is 0 Å². The van der Waals surface area contributed by atoms with Gasteiger partial charge in [-0.05, 0) is 39.0 Å². The van der Waals surface area contributed by atoms with E-state index in [1.54, 1.807) is 0 Å². The van der Waals surface area contributed by atoms with Gasteiger partial charge in [0.25, 0.3) is 0 Å². The van der Waals surface area contributed by atoms with Gasteiger partial charge >= 0.3 is 0 Å². The van der Waals surface area contributed by atoms with Crippen molar-refractivity contribution in [1.29, 1.82) is 5.26 Å². The smallest absolute Gasteiger partial charge is 0.0621 e. The minimum Gasteiger partial charge on any atom is -0.198 e. The molecule has 0 aliphatic rings. The molecule has 12 heavy (non-hydrogen) atoms. The first-order valence-electron chi connectivity index (χ1n) is 4.67. The van der Waals surface area contributed by atoms with E-state index in [1.807, 2.05) is 0 Å². The average molecular weight is 165 g/mol. The highest BCUT2D eigenvalue weighted by molar-refractivity contribution is 4.92. The van der Waals surface area contributed by atoms with Crippen molar-refractivity contribution < 1.29 is 0 Å². The lowest BCUT2D eigenvalue weighted by Crippen LogP contribution is -1.92. The third kappa shape index (κ3) is 7.34. The van der Waals surface area contributed by atoms with Gasteiger partial charge in [-0.3, -0.25) is 0 Å². The standard InChI is InChI=1S/C11H19N/c1-10(2)6-4-7-11(3)8-5-9-12/h6,11H,4-5,7-8H2,1-3H3/t11-/m0/s1. The van der Waals surface area contributed by atoms with Gasteiger partial charge in [0.05, 0.1) is 6.07 Å². The molecule has 0 aromatic carbocycles. The maximum absolute atomic E-state index is 8.37.